The number of anilines is 1. The fourth-order valence-electron chi connectivity index (χ4n) is 3.29. The number of hydrogen-bond donors (Lipinski definition) is 2. The number of pyridine rings is 1. The number of nitrogens with one attached hydrogen (secondary N) is 1. The van der Waals surface area contributed by atoms with E-state index in [9.17, 15) is 14.7 Å². The Morgan fingerprint density at radius 1 is 1.22 bits per heavy atom. The zero-order valence-corrected chi connectivity index (χ0v) is 13.4. The largest absolute Gasteiger partial charge is 0.477 e. The van der Waals surface area contributed by atoms with Gasteiger partial charge in [0.05, 0.1) is 5.52 Å². The fourth-order valence-corrected chi connectivity index (χ4v) is 4.36. The number of carboxylic acid groups (broad SMARTS) is 1. The van der Waals surface area contributed by atoms with E-state index in [0.29, 0.717) is 5.39 Å². The van der Waals surface area contributed by atoms with Gasteiger partial charge in [-0.2, -0.15) is 0 Å². The van der Waals surface area contributed by atoms with Gasteiger partial charge in [0.1, 0.15) is 5.56 Å². The van der Waals surface area contributed by atoms with Gasteiger partial charge in [-0.25, -0.2) is 4.79 Å². The lowest BCUT2D eigenvalue weighted by Gasteiger charge is -2.31. The Hall–Kier alpha value is -1.99. The van der Waals surface area contributed by atoms with Crippen LogP contribution < -0.4 is 15.6 Å². The number of nitrogens with zero attached hydrogens (tertiary/aromatic N) is 2. The molecule has 23 heavy (non-hydrogen) atoms. The van der Waals surface area contributed by atoms with Crippen molar-refractivity contribution in [1.29, 1.82) is 0 Å². The summed E-state index contributed by atoms with van der Waals surface area (Å²) in [5.74, 6) is -0.275. The number of aryl methyl sites for hydroxylation is 1. The molecule has 0 bridgehead atoms. The summed E-state index contributed by atoms with van der Waals surface area (Å²) in [6.45, 7) is 4.34. The SMILES string of the molecule is O=C(O)c1cn2c3c(cc(N4CCNCC4)cc3c1=O)SCC2. The van der Waals surface area contributed by atoms with Gasteiger partial charge < -0.3 is 19.9 Å². The third-order valence-corrected chi connectivity index (χ3v) is 5.43. The van der Waals surface area contributed by atoms with E-state index in [1.807, 2.05) is 10.6 Å². The maximum Gasteiger partial charge on any atom is 0.341 e. The van der Waals surface area contributed by atoms with Crippen molar-refractivity contribution in [2.45, 2.75) is 11.4 Å². The lowest BCUT2D eigenvalue weighted by molar-refractivity contribution is 0.0695. The van der Waals surface area contributed by atoms with Gasteiger partial charge in [-0.1, -0.05) is 0 Å². The number of thioether (sulfide) groups is 1. The van der Waals surface area contributed by atoms with Crippen molar-refractivity contribution < 1.29 is 9.90 Å². The molecule has 0 aliphatic carbocycles. The van der Waals surface area contributed by atoms with Crippen molar-refractivity contribution in [3.05, 3.63) is 34.1 Å². The number of rotatable bonds is 2. The number of benzene rings is 1. The highest BCUT2D eigenvalue weighted by Crippen LogP contribution is 2.35. The number of carbonyl (C=O) groups is 1. The third-order valence-electron chi connectivity index (χ3n) is 4.42. The minimum Gasteiger partial charge on any atom is -0.477 e. The highest BCUT2D eigenvalue weighted by molar-refractivity contribution is 7.99. The number of piperazine rings is 1. The summed E-state index contributed by atoms with van der Waals surface area (Å²) in [6.07, 6.45) is 1.49. The quantitative estimate of drug-likeness (QED) is 0.862. The molecule has 0 saturated carbocycles. The summed E-state index contributed by atoms with van der Waals surface area (Å²) in [7, 11) is 0. The average molecular weight is 331 g/mol. The summed E-state index contributed by atoms with van der Waals surface area (Å²) in [5.41, 5.74) is 1.35. The topological polar surface area (TPSA) is 74.6 Å². The molecular weight excluding hydrogens is 314 g/mol. The van der Waals surface area contributed by atoms with Crippen LogP contribution in [-0.2, 0) is 6.54 Å². The Balaban J connectivity index is 1.97. The van der Waals surface area contributed by atoms with Crippen LogP contribution in [0.25, 0.3) is 10.9 Å². The molecule has 2 N–H and O–H groups in total. The van der Waals surface area contributed by atoms with Crippen molar-refractivity contribution >= 4 is 34.3 Å². The first kappa shape index (κ1) is 14.6. The van der Waals surface area contributed by atoms with E-state index in [-0.39, 0.29) is 11.0 Å². The van der Waals surface area contributed by atoms with Crippen molar-refractivity contribution in [3.8, 4) is 0 Å². The Bertz CT molecular complexity index is 856. The molecule has 0 amide bonds. The molecule has 2 aliphatic rings. The summed E-state index contributed by atoms with van der Waals surface area (Å²) >= 11 is 1.73. The molecule has 1 aromatic carbocycles. The van der Waals surface area contributed by atoms with Gasteiger partial charge in [0.15, 0.2) is 0 Å². The molecule has 1 fully saturated rings. The van der Waals surface area contributed by atoms with Gasteiger partial charge in [0.25, 0.3) is 0 Å². The second-order valence-electron chi connectivity index (χ2n) is 5.80. The van der Waals surface area contributed by atoms with Crippen LogP contribution in [0.15, 0.2) is 28.0 Å². The predicted octanol–water partition coefficient (Wildman–Crippen LogP) is 1.21. The molecule has 4 rings (SSSR count). The van der Waals surface area contributed by atoms with Crippen LogP contribution in [0.5, 0.6) is 0 Å². The molecular formula is C16H17N3O3S. The molecule has 0 radical (unpaired) electrons. The van der Waals surface area contributed by atoms with Gasteiger partial charge in [0.2, 0.25) is 5.43 Å². The van der Waals surface area contributed by atoms with E-state index in [2.05, 4.69) is 16.3 Å². The van der Waals surface area contributed by atoms with Crippen LogP contribution in [0.4, 0.5) is 5.69 Å². The van der Waals surface area contributed by atoms with Crippen LogP contribution in [0, 0.1) is 0 Å². The second-order valence-corrected chi connectivity index (χ2v) is 6.93. The van der Waals surface area contributed by atoms with E-state index in [4.69, 9.17) is 0 Å². The summed E-state index contributed by atoms with van der Waals surface area (Å²) in [6, 6.07) is 4.00. The van der Waals surface area contributed by atoms with E-state index >= 15 is 0 Å². The third kappa shape index (κ3) is 2.40. The van der Waals surface area contributed by atoms with Gasteiger partial charge in [-0.15, -0.1) is 11.8 Å². The Kier molecular flexibility index (Phi) is 3.54. The van der Waals surface area contributed by atoms with E-state index in [1.54, 1.807) is 11.8 Å². The zero-order valence-electron chi connectivity index (χ0n) is 12.5. The molecule has 0 unspecified atom stereocenters. The van der Waals surface area contributed by atoms with Crippen molar-refractivity contribution in [2.24, 2.45) is 0 Å². The highest BCUT2D eigenvalue weighted by Gasteiger charge is 2.22. The summed E-state index contributed by atoms with van der Waals surface area (Å²) in [5, 5.41) is 13.1. The van der Waals surface area contributed by atoms with Crippen molar-refractivity contribution in [3.63, 3.8) is 0 Å². The van der Waals surface area contributed by atoms with Crippen LogP contribution >= 0.6 is 11.8 Å². The summed E-state index contributed by atoms with van der Waals surface area (Å²) < 4.78 is 1.91. The molecule has 1 saturated heterocycles. The smallest absolute Gasteiger partial charge is 0.341 e. The Labute approximate surface area is 137 Å². The van der Waals surface area contributed by atoms with Gasteiger partial charge in [-0.05, 0) is 12.1 Å². The molecule has 2 aromatic rings. The Morgan fingerprint density at radius 2 is 2.00 bits per heavy atom. The number of carboxylic acids is 1. The maximum absolute atomic E-state index is 12.6. The monoisotopic (exact) mass is 331 g/mol. The van der Waals surface area contributed by atoms with Crippen LogP contribution in [0.3, 0.4) is 0 Å². The van der Waals surface area contributed by atoms with E-state index < -0.39 is 5.97 Å². The maximum atomic E-state index is 12.6. The zero-order chi connectivity index (χ0) is 16.0. The van der Waals surface area contributed by atoms with Gasteiger partial charge in [0, 0.05) is 60.6 Å². The van der Waals surface area contributed by atoms with E-state index in [1.165, 1.54) is 6.20 Å². The average Bonchev–Trinajstić information content (AvgIpc) is 2.58. The number of hydrogen-bond acceptors (Lipinski definition) is 5. The molecule has 0 atom stereocenters. The van der Waals surface area contributed by atoms with Crippen LogP contribution in [-0.4, -0.2) is 47.6 Å². The number of aromatic carboxylic acids is 1. The minimum absolute atomic E-state index is 0.146. The van der Waals surface area contributed by atoms with Crippen molar-refractivity contribution in [2.75, 3.05) is 36.8 Å². The Morgan fingerprint density at radius 3 is 2.74 bits per heavy atom. The highest BCUT2D eigenvalue weighted by atomic mass is 32.2. The number of aromatic nitrogens is 1. The molecule has 1 aromatic heterocycles. The standard InChI is InChI=1S/C16H17N3O3S/c20-15-11-7-10(18-3-1-17-2-4-18)8-13-14(11)19(5-6-23-13)9-12(15)16(21)22/h7-9,17H,1-6H2,(H,21,22). The minimum atomic E-state index is -1.16. The molecule has 2 aliphatic heterocycles. The first-order valence-electron chi connectivity index (χ1n) is 7.68. The fraction of sp³-hybridized carbons (Fsp3) is 0.375. The first-order chi connectivity index (χ1) is 11.1. The molecule has 0 spiro atoms. The summed E-state index contributed by atoms with van der Waals surface area (Å²) in [4.78, 5) is 27.3. The molecule has 120 valence electrons. The van der Waals surface area contributed by atoms with Gasteiger partial charge >= 0.3 is 5.97 Å². The second kappa shape index (κ2) is 5.58. The lowest BCUT2D eigenvalue weighted by Crippen LogP contribution is -2.43. The van der Waals surface area contributed by atoms with Crippen LogP contribution in [0.2, 0.25) is 0 Å². The molecule has 3 heterocycles. The van der Waals surface area contributed by atoms with Crippen LogP contribution in [0.1, 0.15) is 10.4 Å². The van der Waals surface area contributed by atoms with E-state index in [0.717, 1.165) is 54.6 Å². The normalized spacial score (nSPS) is 17.5. The predicted molar refractivity (Wildman–Crippen MR) is 91.0 cm³/mol. The first-order valence-corrected chi connectivity index (χ1v) is 8.66. The molecule has 7 heteroatoms. The van der Waals surface area contributed by atoms with Crippen molar-refractivity contribution in [1.82, 2.24) is 9.88 Å². The van der Waals surface area contributed by atoms with Gasteiger partial charge in [-0.3, -0.25) is 4.79 Å². The molecule has 6 nitrogen and oxygen atoms in total. The lowest BCUT2D eigenvalue weighted by atomic mass is 10.1.